The molecule has 0 aliphatic carbocycles. The smallest absolute Gasteiger partial charge is 0.311 e. The Morgan fingerprint density at radius 1 is 1.71 bits per heavy atom. The van der Waals surface area contributed by atoms with Crippen LogP contribution in [0.4, 0.5) is 0 Å². The largest absolute Gasteiger partial charge is 0.469 e. The Hall–Kier alpha value is -0.870. The summed E-state index contributed by atoms with van der Waals surface area (Å²) in [6.07, 6.45) is 3.04. The Labute approximate surface area is 106 Å². The van der Waals surface area contributed by atoms with Crippen LogP contribution in [0, 0.1) is 5.92 Å². The number of aryl methyl sites for hydroxylation is 1. The minimum Gasteiger partial charge on any atom is -0.469 e. The molecule has 0 radical (unpaired) electrons. The number of epoxide rings is 1. The summed E-state index contributed by atoms with van der Waals surface area (Å²) in [5.41, 5.74) is 1.37. The number of thiophene rings is 1. The van der Waals surface area contributed by atoms with Gasteiger partial charge in [0, 0.05) is 4.88 Å². The summed E-state index contributed by atoms with van der Waals surface area (Å²) in [7, 11) is 1.44. The molecule has 0 saturated carbocycles. The predicted octanol–water partition coefficient (Wildman–Crippen LogP) is 2.43. The third kappa shape index (κ3) is 3.07. The first kappa shape index (κ1) is 12.6. The summed E-state index contributed by atoms with van der Waals surface area (Å²) in [6, 6.07) is 2.16. The van der Waals surface area contributed by atoms with Gasteiger partial charge >= 0.3 is 5.97 Å². The average molecular weight is 254 g/mol. The number of hydrogen-bond acceptors (Lipinski definition) is 4. The molecule has 2 atom stereocenters. The summed E-state index contributed by atoms with van der Waals surface area (Å²) in [4.78, 5) is 13.0. The summed E-state index contributed by atoms with van der Waals surface area (Å²) in [6.45, 7) is 2.86. The van der Waals surface area contributed by atoms with E-state index in [9.17, 15) is 4.79 Å². The minimum atomic E-state index is -0.150. The van der Waals surface area contributed by atoms with E-state index >= 15 is 0 Å². The predicted molar refractivity (Wildman–Crippen MR) is 67.3 cm³/mol. The van der Waals surface area contributed by atoms with Crippen molar-refractivity contribution in [3.63, 3.8) is 0 Å². The van der Waals surface area contributed by atoms with E-state index in [0.29, 0.717) is 6.61 Å². The van der Waals surface area contributed by atoms with Gasteiger partial charge < -0.3 is 9.47 Å². The summed E-state index contributed by atoms with van der Waals surface area (Å²) < 4.78 is 10.1. The number of ether oxygens (including phenoxy) is 2. The van der Waals surface area contributed by atoms with Crippen molar-refractivity contribution in [2.75, 3.05) is 13.7 Å². The maximum absolute atomic E-state index is 11.7. The molecule has 0 N–H and O–H groups in total. The third-order valence-electron chi connectivity index (χ3n) is 3.07. The highest BCUT2D eigenvalue weighted by Gasteiger charge is 2.39. The molecule has 3 nitrogen and oxygen atoms in total. The van der Waals surface area contributed by atoms with Crippen molar-refractivity contribution in [1.29, 1.82) is 0 Å². The number of carbonyl (C=O) groups excluding carboxylic acids is 1. The minimum absolute atomic E-state index is 0.0685. The lowest BCUT2D eigenvalue weighted by Crippen LogP contribution is -2.24. The highest BCUT2D eigenvalue weighted by molar-refractivity contribution is 7.10. The molecule has 1 saturated heterocycles. The Bertz CT molecular complexity index is 382. The molecular weight excluding hydrogens is 236 g/mol. The van der Waals surface area contributed by atoms with Crippen LogP contribution in [-0.4, -0.2) is 25.8 Å². The van der Waals surface area contributed by atoms with E-state index in [4.69, 9.17) is 9.47 Å². The molecule has 0 bridgehead atoms. The molecule has 17 heavy (non-hydrogen) atoms. The SMILES string of the molecule is CCCc1ccsc1CC(C(=O)OC)[C@H]1CO1. The molecule has 1 aromatic heterocycles. The summed E-state index contributed by atoms with van der Waals surface area (Å²) in [5, 5.41) is 2.10. The lowest BCUT2D eigenvalue weighted by atomic mass is 9.98. The quantitative estimate of drug-likeness (QED) is 0.578. The van der Waals surface area contributed by atoms with E-state index in [1.807, 2.05) is 0 Å². The molecule has 0 spiro atoms. The van der Waals surface area contributed by atoms with Crippen molar-refractivity contribution in [1.82, 2.24) is 0 Å². The lowest BCUT2D eigenvalue weighted by molar-refractivity contribution is -0.146. The lowest BCUT2D eigenvalue weighted by Gasteiger charge is -2.12. The van der Waals surface area contributed by atoms with Crippen LogP contribution in [0.2, 0.25) is 0 Å². The highest BCUT2D eigenvalue weighted by Crippen LogP contribution is 2.29. The second-order valence-electron chi connectivity index (χ2n) is 4.32. The first-order valence-electron chi connectivity index (χ1n) is 6.01. The zero-order valence-electron chi connectivity index (χ0n) is 10.3. The third-order valence-corrected chi connectivity index (χ3v) is 4.06. The Morgan fingerprint density at radius 3 is 3.06 bits per heavy atom. The maximum atomic E-state index is 11.7. The fourth-order valence-electron chi connectivity index (χ4n) is 2.04. The molecule has 1 aliphatic rings. The first-order chi connectivity index (χ1) is 8.26. The summed E-state index contributed by atoms with van der Waals surface area (Å²) in [5.74, 6) is -0.280. The van der Waals surface area contributed by atoms with Gasteiger partial charge in [-0.2, -0.15) is 0 Å². The second-order valence-corrected chi connectivity index (χ2v) is 5.33. The van der Waals surface area contributed by atoms with Crippen LogP contribution >= 0.6 is 11.3 Å². The Morgan fingerprint density at radius 2 is 2.47 bits per heavy atom. The fraction of sp³-hybridized carbons (Fsp3) is 0.615. The Kier molecular flexibility index (Phi) is 4.18. The molecule has 1 unspecified atom stereocenters. The zero-order valence-corrected chi connectivity index (χ0v) is 11.1. The maximum Gasteiger partial charge on any atom is 0.311 e. The van der Waals surface area contributed by atoms with E-state index in [1.54, 1.807) is 11.3 Å². The topological polar surface area (TPSA) is 38.8 Å². The van der Waals surface area contributed by atoms with Crippen molar-refractivity contribution in [2.45, 2.75) is 32.3 Å². The molecule has 0 aromatic carbocycles. The van der Waals surface area contributed by atoms with Crippen LogP contribution in [0.5, 0.6) is 0 Å². The number of esters is 1. The van der Waals surface area contributed by atoms with E-state index in [2.05, 4.69) is 18.4 Å². The average Bonchev–Trinajstić information content (AvgIpc) is 3.08. The van der Waals surface area contributed by atoms with Gasteiger partial charge in [-0.1, -0.05) is 13.3 Å². The van der Waals surface area contributed by atoms with Crippen LogP contribution in [-0.2, 0) is 27.1 Å². The van der Waals surface area contributed by atoms with E-state index in [1.165, 1.54) is 17.6 Å². The van der Waals surface area contributed by atoms with Gasteiger partial charge in [0.1, 0.15) is 0 Å². The highest BCUT2D eigenvalue weighted by atomic mass is 32.1. The first-order valence-corrected chi connectivity index (χ1v) is 6.89. The van der Waals surface area contributed by atoms with Gasteiger partial charge in [-0.05, 0) is 29.9 Å². The van der Waals surface area contributed by atoms with Crippen molar-refractivity contribution in [3.05, 3.63) is 21.9 Å². The fourth-order valence-corrected chi connectivity index (χ4v) is 3.04. The molecule has 0 amide bonds. The number of carbonyl (C=O) groups is 1. The number of hydrogen-bond donors (Lipinski definition) is 0. The van der Waals surface area contributed by atoms with Gasteiger partial charge in [0.15, 0.2) is 0 Å². The zero-order chi connectivity index (χ0) is 12.3. The number of methoxy groups -OCH3 is 1. The standard InChI is InChI=1S/C13H18O3S/c1-3-4-9-5-6-17-12(9)7-10(11-8-16-11)13(14)15-2/h5-6,10-11H,3-4,7-8H2,1-2H3/t10?,11-/m1/s1. The van der Waals surface area contributed by atoms with E-state index in [0.717, 1.165) is 19.3 Å². The molecule has 1 aliphatic heterocycles. The van der Waals surface area contributed by atoms with Crippen molar-refractivity contribution in [3.8, 4) is 0 Å². The van der Waals surface area contributed by atoms with Crippen LogP contribution < -0.4 is 0 Å². The van der Waals surface area contributed by atoms with Crippen LogP contribution in [0.3, 0.4) is 0 Å². The second kappa shape index (κ2) is 5.65. The van der Waals surface area contributed by atoms with Crippen molar-refractivity contribution < 1.29 is 14.3 Å². The van der Waals surface area contributed by atoms with Crippen LogP contribution in [0.15, 0.2) is 11.4 Å². The van der Waals surface area contributed by atoms with E-state index < -0.39 is 0 Å². The van der Waals surface area contributed by atoms with Gasteiger partial charge in [0.2, 0.25) is 0 Å². The van der Waals surface area contributed by atoms with Gasteiger partial charge in [0.05, 0.1) is 25.7 Å². The Balaban J connectivity index is 2.06. The monoisotopic (exact) mass is 254 g/mol. The molecule has 94 valence electrons. The molecule has 4 heteroatoms. The molecule has 1 fully saturated rings. The van der Waals surface area contributed by atoms with Crippen molar-refractivity contribution >= 4 is 17.3 Å². The van der Waals surface area contributed by atoms with Crippen molar-refractivity contribution in [2.24, 2.45) is 5.92 Å². The summed E-state index contributed by atoms with van der Waals surface area (Å²) >= 11 is 1.73. The molecule has 2 heterocycles. The van der Waals surface area contributed by atoms with Gasteiger partial charge in [-0.3, -0.25) is 4.79 Å². The van der Waals surface area contributed by atoms with Gasteiger partial charge in [0.25, 0.3) is 0 Å². The number of rotatable bonds is 6. The van der Waals surface area contributed by atoms with Crippen LogP contribution in [0.1, 0.15) is 23.8 Å². The molecular formula is C13H18O3S. The molecule has 1 aromatic rings. The molecule has 2 rings (SSSR count). The van der Waals surface area contributed by atoms with Crippen LogP contribution in [0.25, 0.3) is 0 Å². The van der Waals surface area contributed by atoms with Gasteiger partial charge in [-0.15, -0.1) is 11.3 Å². The normalized spacial score (nSPS) is 20.0. The van der Waals surface area contributed by atoms with E-state index in [-0.39, 0.29) is 18.0 Å². The van der Waals surface area contributed by atoms with Gasteiger partial charge in [-0.25, -0.2) is 0 Å².